The molecule has 6 heteroatoms. The van der Waals surface area contributed by atoms with Gasteiger partial charge in [-0.3, -0.25) is 9.59 Å². The van der Waals surface area contributed by atoms with Crippen LogP contribution in [-0.4, -0.2) is 48.9 Å². The van der Waals surface area contributed by atoms with Crippen LogP contribution in [0, 0.1) is 6.92 Å². The van der Waals surface area contributed by atoms with E-state index in [1.54, 1.807) is 12.1 Å². The largest absolute Gasteiger partial charge is 0.459 e. The topological polar surface area (TPSA) is 67.0 Å². The van der Waals surface area contributed by atoms with Crippen LogP contribution in [0.25, 0.3) is 0 Å². The Balaban J connectivity index is 1.47. The number of hydrogen-bond acceptors (Lipinski definition) is 3. The number of nitrogens with one attached hydrogen (secondary N) is 2. The maximum absolute atomic E-state index is 13.3. The van der Waals surface area contributed by atoms with Crippen molar-refractivity contribution in [1.29, 1.82) is 0 Å². The summed E-state index contributed by atoms with van der Waals surface area (Å²) < 4.78 is 5.25. The second kappa shape index (κ2) is 8.82. The van der Waals surface area contributed by atoms with Gasteiger partial charge in [0.15, 0.2) is 11.8 Å². The van der Waals surface area contributed by atoms with Crippen molar-refractivity contribution >= 4 is 11.8 Å². The van der Waals surface area contributed by atoms with Crippen LogP contribution in [0.15, 0.2) is 47.1 Å². The van der Waals surface area contributed by atoms with E-state index in [1.807, 2.05) is 4.90 Å². The van der Waals surface area contributed by atoms with E-state index in [2.05, 4.69) is 36.5 Å². The van der Waals surface area contributed by atoms with Crippen LogP contribution < -0.4 is 10.2 Å². The first-order valence-corrected chi connectivity index (χ1v) is 10.7. The standard InChI is InChI=1S/C23H29N3O3/c1-17-8-10-18(11-9-17)21(22(27)24-19-5-2-3-6-19)25-12-14-26(15-13-25)23(28)20-7-4-16-29-20/h4,7-11,16,19,21H,2-3,5-6,12-15H2,1H3,(H,24,27)/p+1. The Morgan fingerprint density at radius 2 is 1.79 bits per heavy atom. The molecule has 1 unspecified atom stereocenters. The van der Waals surface area contributed by atoms with Crippen molar-refractivity contribution in [3.8, 4) is 0 Å². The highest BCUT2D eigenvalue weighted by atomic mass is 16.3. The smallest absolute Gasteiger partial charge is 0.289 e. The molecule has 1 saturated heterocycles. The zero-order chi connectivity index (χ0) is 20.2. The zero-order valence-electron chi connectivity index (χ0n) is 17.0. The lowest BCUT2D eigenvalue weighted by atomic mass is 10.0. The molecule has 4 rings (SSSR count). The number of carbonyl (C=O) groups excluding carboxylic acids is 2. The summed E-state index contributed by atoms with van der Waals surface area (Å²) in [5.41, 5.74) is 2.24. The van der Waals surface area contributed by atoms with Crippen LogP contribution in [0.4, 0.5) is 0 Å². The Hall–Kier alpha value is -2.60. The van der Waals surface area contributed by atoms with Gasteiger partial charge < -0.3 is 19.5 Å². The summed E-state index contributed by atoms with van der Waals surface area (Å²) in [4.78, 5) is 28.8. The molecule has 6 nitrogen and oxygen atoms in total. The number of piperazine rings is 1. The van der Waals surface area contributed by atoms with Crippen LogP contribution in [0.3, 0.4) is 0 Å². The first-order valence-electron chi connectivity index (χ1n) is 10.7. The minimum atomic E-state index is -0.239. The molecule has 29 heavy (non-hydrogen) atoms. The second-order valence-electron chi connectivity index (χ2n) is 8.26. The van der Waals surface area contributed by atoms with E-state index in [9.17, 15) is 9.59 Å². The highest BCUT2D eigenvalue weighted by Gasteiger charge is 2.36. The fourth-order valence-electron chi connectivity index (χ4n) is 4.53. The minimum Gasteiger partial charge on any atom is -0.459 e. The fraction of sp³-hybridized carbons (Fsp3) is 0.478. The monoisotopic (exact) mass is 396 g/mol. The number of quaternary nitrogens is 1. The first kappa shape index (κ1) is 19.7. The van der Waals surface area contributed by atoms with Gasteiger partial charge in [0, 0.05) is 11.6 Å². The summed E-state index contributed by atoms with van der Waals surface area (Å²) in [5.74, 6) is 0.417. The highest BCUT2D eigenvalue weighted by Crippen LogP contribution is 2.19. The average Bonchev–Trinajstić information content (AvgIpc) is 3.44. The summed E-state index contributed by atoms with van der Waals surface area (Å²) in [6.45, 7) is 4.78. The summed E-state index contributed by atoms with van der Waals surface area (Å²) >= 11 is 0. The third-order valence-corrected chi connectivity index (χ3v) is 6.21. The third-order valence-electron chi connectivity index (χ3n) is 6.21. The molecule has 2 fully saturated rings. The van der Waals surface area contributed by atoms with Crippen molar-refractivity contribution in [2.75, 3.05) is 26.2 Å². The molecule has 1 aromatic carbocycles. The van der Waals surface area contributed by atoms with Crippen LogP contribution in [0.2, 0.25) is 0 Å². The maximum Gasteiger partial charge on any atom is 0.289 e. The maximum atomic E-state index is 13.3. The molecule has 0 radical (unpaired) electrons. The van der Waals surface area contributed by atoms with Crippen molar-refractivity contribution in [2.24, 2.45) is 0 Å². The number of hydrogen-bond donors (Lipinski definition) is 2. The second-order valence-corrected chi connectivity index (χ2v) is 8.26. The van der Waals surface area contributed by atoms with E-state index in [0.29, 0.717) is 24.9 Å². The lowest BCUT2D eigenvalue weighted by molar-refractivity contribution is -0.925. The Bertz CT molecular complexity index is 818. The molecule has 1 atom stereocenters. The quantitative estimate of drug-likeness (QED) is 0.809. The molecule has 1 saturated carbocycles. The van der Waals surface area contributed by atoms with Crippen LogP contribution in [0.5, 0.6) is 0 Å². The summed E-state index contributed by atoms with van der Waals surface area (Å²) in [6, 6.07) is 11.8. The third kappa shape index (κ3) is 4.53. The lowest BCUT2D eigenvalue weighted by Crippen LogP contribution is -3.16. The zero-order valence-corrected chi connectivity index (χ0v) is 17.0. The van der Waals surface area contributed by atoms with Crippen molar-refractivity contribution in [3.63, 3.8) is 0 Å². The molecule has 1 aliphatic carbocycles. The van der Waals surface area contributed by atoms with Crippen LogP contribution in [0.1, 0.15) is 53.4 Å². The molecule has 0 bridgehead atoms. The molecule has 2 aromatic rings. The molecule has 2 heterocycles. The summed E-state index contributed by atoms with van der Waals surface area (Å²) in [5, 5.41) is 3.29. The number of benzene rings is 1. The predicted octanol–water partition coefficient (Wildman–Crippen LogP) is 1.73. The summed E-state index contributed by atoms with van der Waals surface area (Å²) in [6.07, 6.45) is 6.07. The number of aryl methyl sites for hydroxylation is 1. The van der Waals surface area contributed by atoms with E-state index in [1.165, 1.54) is 29.6 Å². The van der Waals surface area contributed by atoms with Crippen molar-refractivity contribution in [3.05, 3.63) is 59.5 Å². The molecule has 2 amide bonds. The fourth-order valence-corrected chi connectivity index (χ4v) is 4.53. The van der Waals surface area contributed by atoms with Gasteiger partial charge in [-0.15, -0.1) is 0 Å². The Morgan fingerprint density at radius 1 is 1.10 bits per heavy atom. The van der Waals surface area contributed by atoms with Crippen molar-refractivity contribution in [1.82, 2.24) is 10.2 Å². The van der Waals surface area contributed by atoms with E-state index in [4.69, 9.17) is 4.42 Å². The number of furan rings is 1. The lowest BCUT2D eigenvalue weighted by Gasteiger charge is -2.36. The van der Waals surface area contributed by atoms with E-state index in [-0.39, 0.29) is 17.9 Å². The number of rotatable bonds is 5. The Morgan fingerprint density at radius 3 is 2.41 bits per heavy atom. The van der Waals surface area contributed by atoms with Gasteiger partial charge in [-0.2, -0.15) is 0 Å². The van der Waals surface area contributed by atoms with Crippen LogP contribution in [-0.2, 0) is 4.79 Å². The van der Waals surface area contributed by atoms with Gasteiger partial charge in [-0.1, -0.05) is 42.7 Å². The number of nitrogens with zero attached hydrogens (tertiary/aromatic N) is 1. The SMILES string of the molecule is Cc1ccc(C(C(=O)NC2CCCC2)[NH+]2CCN(C(=O)c3ccco3)CC2)cc1. The van der Waals surface area contributed by atoms with Crippen molar-refractivity contribution < 1.29 is 18.9 Å². The van der Waals surface area contributed by atoms with Crippen molar-refractivity contribution in [2.45, 2.75) is 44.7 Å². The van der Waals surface area contributed by atoms with Gasteiger partial charge in [-0.05, 0) is 31.9 Å². The molecule has 2 aliphatic rings. The molecule has 0 spiro atoms. The van der Waals surface area contributed by atoms with Crippen LogP contribution >= 0.6 is 0 Å². The minimum absolute atomic E-state index is 0.0728. The Labute approximate surface area is 171 Å². The predicted molar refractivity (Wildman–Crippen MR) is 110 cm³/mol. The normalized spacial score (nSPS) is 19.3. The van der Waals surface area contributed by atoms with E-state index in [0.717, 1.165) is 31.5 Å². The first-order chi connectivity index (χ1) is 14.1. The highest BCUT2D eigenvalue weighted by molar-refractivity contribution is 5.91. The van der Waals surface area contributed by atoms with Gasteiger partial charge in [0.2, 0.25) is 0 Å². The molecular formula is C23H30N3O3+. The average molecular weight is 397 g/mol. The summed E-state index contributed by atoms with van der Waals surface area (Å²) in [7, 11) is 0. The molecule has 1 aromatic heterocycles. The van der Waals surface area contributed by atoms with Gasteiger partial charge in [0.05, 0.1) is 32.4 Å². The van der Waals surface area contributed by atoms with Gasteiger partial charge >= 0.3 is 0 Å². The number of amides is 2. The van der Waals surface area contributed by atoms with Gasteiger partial charge in [-0.25, -0.2) is 0 Å². The molecule has 1 aliphatic heterocycles. The van der Waals surface area contributed by atoms with E-state index >= 15 is 0 Å². The molecule has 154 valence electrons. The van der Waals surface area contributed by atoms with E-state index < -0.39 is 0 Å². The van der Waals surface area contributed by atoms with Gasteiger partial charge in [0.1, 0.15) is 0 Å². The molecular weight excluding hydrogens is 366 g/mol. The Kier molecular flexibility index (Phi) is 6.00. The number of carbonyl (C=O) groups is 2. The van der Waals surface area contributed by atoms with Gasteiger partial charge in [0.25, 0.3) is 11.8 Å². The molecule has 2 N–H and O–H groups in total.